The Labute approximate surface area is 431 Å². The van der Waals surface area contributed by atoms with Crippen LogP contribution in [0, 0.1) is 0 Å². The highest BCUT2D eigenvalue weighted by Gasteiger charge is 2.22. The molecule has 75 heavy (non-hydrogen) atoms. The first kappa shape index (κ1) is 42.5. The van der Waals surface area contributed by atoms with E-state index in [1.54, 1.807) is 0 Å². The van der Waals surface area contributed by atoms with Crippen LogP contribution in [0.1, 0.15) is 0 Å². The molecule has 6 nitrogen and oxygen atoms in total. The summed E-state index contributed by atoms with van der Waals surface area (Å²) in [5, 5.41) is 6.53. The molecule has 6 heteroatoms. The molecule has 15 rings (SSSR count). The van der Waals surface area contributed by atoms with E-state index < -0.39 is 0 Å². The molecule has 0 N–H and O–H groups in total. The lowest BCUT2D eigenvalue weighted by molar-refractivity contribution is 0.666. The normalized spacial score (nSPS) is 11.7. The number of hydrogen-bond acceptors (Lipinski definition) is 5. The first-order chi connectivity index (χ1) is 37.1. The number of furan rings is 2. The third-order valence-corrected chi connectivity index (χ3v) is 14.7. The van der Waals surface area contributed by atoms with Crippen molar-refractivity contribution in [2.45, 2.75) is 0 Å². The Morgan fingerprint density at radius 1 is 0.253 bits per heavy atom. The van der Waals surface area contributed by atoms with Gasteiger partial charge < -0.3 is 13.4 Å². The van der Waals surface area contributed by atoms with Crippen LogP contribution in [0.25, 0.3) is 150 Å². The van der Waals surface area contributed by atoms with Crippen LogP contribution in [0.2, 0.25) is 0 Å². The second-order valence-corrected chi connectivity index (χ2v) is 19.1. The zero-order valence-electron chi connectivity index (χ0n) is 40.4. The summed E-state index contributed by atoms with van der Waals surface area (Å²) < 4.78 is 16.0. The number of aromatic nitrogens is 4. The maximum atomic E-state index is 6.82. The fraction of sp³-hybridized carbons (Fsp3) is 0. The number of nitrogens with zero attached hydrogens (tertiary/aromatic N) is 4. The second kappa shape index (κ2) is 17.3. The van der Waals surface area contributed by atoms with Crippen molar-refractivity contribution in [1.29, 1.82) is 0 Å². The third-order valence-electron chi connectivity index (χ3n) is 14.7. The van der Waals surface area contributed by atoms with Gasteiger partial charge in [-0.3, -0.25) is 0 Å². The molecule has 0 aliphatic carbocycles. The van der Waals surface area contributed by atoms with Gasteiger partial charge in [0.05, 0.1) is 22.3 Å². The van der Waals surface area contributed by atoms with Gasteiger partial charge in [-0.2, -0.15) is 0 Å². The van der Waals surface area contributed by atoms with Crippen LogP contribution in [0.5, 0.6) is 0 Å². The molecule has 0 aliphatic rings. The molecule has 4 heterocycles. The molecule has 0 amide bonds. The molecular weight excluding hydrogens is 917 g/mol. The topological polar surface area (TPSA) is 69.9 Å². The van der Waals surface area contributed by atoms with Crippen LogP contribution in [0.15, 0.2) is 264 Å². The lowest BCUT2D eigenvalue weighted by Gasteiger charge is -2.13. The fourth-order valence-corrected chi connectivity index (χ4v) is 11.0. The van der Waals surface area contributed by atoms with Gasteiger partial charge in [-0.1, -0.05) is 194 Å². The number of hydrogen-bond donors (Lipinski definition) is 0. The molecule has 0 unspecified atom stereocenters. The molecule has 0 bridgehead atoms. The molecule has 0 radical (unpaired) electrons. The summed E-state index contributed by atoms with van der Waals surface area (Å²) in [4.78, 5) is 15.3. The van der Waals surface area contributed by atoms with Crippen molar-refractivity contribution >= 4 is 65.7 Å². The van der Waals surface area contributed by atoms with E-state index in [-0.39, 0.29) is 0 Å². The molecule has 0 aliphatic heterocycles. The lowest BCUT2D eigenvalue weighted by atomic mass is 9.96. The number of para-hydroxylation sites is 3. The zero-order chi connectivity index (χ0) is 49.4. The van der Waals surface area contributed by atoms with E-state index in [0.717, 1.165) is 111 Å². The van der Waals surface area contributed by atoms with E-state index in [1.807, 2.05) is 48.5 Å². The Kier molecular flexibility index (Phi) is 9.78. The van der Waals surface area contributed by atoms with Crippen molar-refractivity contribution < 1.29 is 8.83 Å². The van der Waals surface area contributed by atoms with Gasteiger partial charge in [0, 0.05) is 43.4 Å². The van der Waals surface area contributed by atoms with Crippen LogP contribution >= 0.6 is 0 Å². The van der Waals surface area contributed by atoms with Crippen molar-refractivity contribution in [2.75, 3.05) is 0 Å². The average Bonchev–Trinajstić information content (AvgIpc) is 4.17. The molecule has 15 aromatic rings. The van der Waals surface area contributed by atoms with E-state index >= 15 is 0 Å². The molecule has 0 atom stereocenters. The Morgan fingerprint density at radius 2 is 0.720 bits per heavy atom. The van der Waals surface area contributed by atoms with E-state index in [9.17, 15) is 0 Å². The molecule has 0 saturated carbocycles. The minimum absolute atomic E-state index is 0.545. The first-order valence-corrected chi connectivity index (χ1v) is 25.2. The van der Waals surface area contributed by atoms with Crippen molar-refractivity contribution in [3.05, 3.63) is 255 Å². The van der Waals surface area contributed by atoms with Gasteiger partial charge in [0.25, 0.3) is 0 Å². The Bertz CT molecular complexity index is 4690. The van der Waals surface area contributed by atoms with Gasteiger partial charge in [-0.25, -0.2) is 15.0 Å². The van der Waals surface area contributed by atoms with Crippen LogP contribution in [0.3, 0.4) is 0 Å². The highest BCUT2D eigenvalue weighted by atomic mass is 16.3. The third kappa shape index (κ3) is 7.22. The minimum Gasteiger partial charge on any atom is -0.455 e. The molecule has 0 saturated heterocycles. The summed E-state index contributed by atoms with van der Waals surface area (Å²) in [5.41, 5.74) is 18.1. The van der Waals surface area contributed by atoms with Crippen molar-refractivity contribution in [2.24, 2.45) is 0 Å². The Balaban J connectivity index is 0.843. The zero-order valence-corrected chi connectivity index (χ0v) is 40.4. The van der Waals surface area contributed by atoms with Gasteiger partial charge in [0.2, 0.25) is 0 Å². The van der Waals surface area contributed by atoms with Crippen LogP contribution < -0.4 is 0 Å². The van der Waals surface area contributed by atoms with Gasteiger partial charge >= 0.3 is 0 Å². The van der Waals surface area contributed by atoms with Gasteiger partial charge in [0.15, 0.2) is 23.1 Å². The summed E-state index contributed by atoms with van der Waals surface area (Å²) in [6, 6.07) is 89.4. The average molecular weight is 959 g/mol. The van der Waals surface area contributed by atoms with Gasteiger partial charge in [-0.15, -0.1) is 0 Å². The van der Waals surface area contributed by atoms with E-state index in [0.29, 0.717) is 17.5 Å². The quantitative estimate of drug-likeness (QED) is 0.152. The summed E-state index contributed by atoms with van der Waals surface area (Å²) in [7, 11) is 0. The number of fused-ring (bicyclic) bond motifs is 9. The predicted molar refractivity (Wildman–Crippen MR) is 307 cm³/mol. The summed E-state index contributed by atoms with van der Waals surface area (Å²) in [6.45, 7) is 0. The van der Waals surface area contributed by atoms with Crippen molar-refractivity contribution in [1.82, 2.24) is 19.5 Å². The predicted octanol–water partition coefficient (Wildman–Crippen LogP) is 18.4. The molecule has 4 aromatic heterocycles. The van der Waals surface area contributed by atoms with Crippen LogP contribution in [0.4, 0.5) is 0 Å². The van der Waals surface area contributed by atoms with E-state index in [2.05, 4.69) is 211 Å². The molecule has 11 aromatic carbocycles. The molecule has 0 spiro atoms. The Morgan fingerprint density at radius 3 is 1.49 bits per heavy atom. The van der Waals surface area contributed by atoms with Crippen molar-refractivity contribution in [3.63, 3.8) is 0 Å². The molecule has 350 valence electrons. The lowest BCUT2D eigenvalue weighted by Crippen LogP contribution is -2.00. The largest absolute Gasteiger partial charge is 0.455 e. The first-order valence-electron chi connectivity index (χ1n) is 25.2. The number of benzene rings is 11. The summed E-state index contributed by atoms with van der Waals surface area (Å²) in [5.74, 6) is 1.73. The standard InChI is InChI=1S/C69H42N4O2/c1-4-16-43(17-5-1)45-30-32-47(33-31-45)68-70-67(46-20-8-3-9-21-46)71-69(72-68)56-27-15-26-55-58-40-51(35-37-64(58)74-65(55)56)48-22-14-23-49(38-48)52-41-59-54-25-11-13-29-63(54)75-66(59)62(42-52)73-60-28-12-10-24-53(60)57-39-50(34-36-61(57)73)44-18-6-2-7-19-44/h1-42H. The maximum absolute atomic E-state index is 6.82. The minimum atomic E-state index is 0.545. The van der Waals surface area contributed by atoms with Crippen LogP contribution in [-0.4, -0.2) is 19.5 Å². The fourth-order valence-electron chi connectivity index (χ4n) is 11.0. The van der Waals surface area contributed by atoms with E-state index in [4.69, 9.17) is 23.8 Å². The van der Waals surface area contributed by atoms with Crippen molar-refractivity contribution in [3.8, 4) is 84.4 Å². The van der Waals surface area contributed by atoms with Gasteiger partial charge in [-0.05, 0) is 105 Å². The highest BCUT2D eigenvalue weighted by Crippen LogP contribution is 2.43. The summed E-state index contributed by atoms with van der Waals surface area (Å²) >= 11 is 0. The smallest absolute Gasteiger partial charge is 0.167 e. The Hall–Kier alpha value is -10.2. The molecule has 0 fully saturated rings. The highest BCUT2D eigenvalue weighted by molar-refractivity contribution is 6.15. The van der Waals surface area contributed by atoms with Crippen LogP contribution in [-0.2, 0) is 0 Å². The summed E-state index contributed by atoms with van der Waals surface area (Å²) in [6.07, 6.45) is 0. The van der Waals surface area contributed by atoms with Gasteiger partial charge in [0.1, 0.15) is 16.7 Å². The monoisotopic (exact) mass is 958 g/mol. The SMILES string of the molecule is c1ccc(-c2ccc(-c3nc(-c4ccccc4)nc(-c4cccc5c4oc4ccc(-c6cccc(-c7cc(-n8c9ccccc9c9cc(-c%10ccccc%10)ccc98)c8oc9ccccc9c8c7)c6)cc45)n3)cc2)cc1. The molecular formula is C69H42N4O2. The van der Waals surface area contributed by atoms with E-state index in [1.165, 1.54) is 21.9 Å². The maximum Gasteiger partial charge on any atom is 0.167 e. The number of rotatable bonds is 8. The second-order valence-electron chi connectivity index (χ2n) is 19.1.